The lowest BCUT2D eigenvalue weighted by atomic mass is 10.4. The summed E-state index contributed by atoms with van der Waals surface area (Å²) in [7, 11) is -1.50. The molecule has 0 spiro atoms. The molecule has 0 atom stereocenters. The van der Waals surface area contributed by atoms with Crippen molar-refractivity contribution in [2.45, 2.75) is 57.8 Å². The normalized spacial score (nSPS) is 11.2. The molecule has 0 aromatic carbocycles. The first-order chi connectivity index (χ1) is 9.23. The number of esters is 1. The topological polar surface area (TPSA) is 26.3 Å². The molecule has 0 aliphatic heterocycles. The first-order valence-electron chi connectivity index (χ1n) is 7.31. The van der Waals surface area contributed by atoms with Crippen molar-refractivity contribution in [2.75, 3.05) is 6.61 Å². The number of hydrogen-bond acceptors (Lipinski definition) is 2. The Morgan fingerprint density at radius 3 is 2.05 bits per heavy atom. The Morgan fingerprint density at radius 2 is 1.70 bits per heavy atom. The predicted octanol–water partition coefficient (Wildman–Crippen LogP) is 5.12. The van der Waals surface area contributed by atoms with E-state index in [2.05, 4.69) is 47.4 Å². The van der Waals surface area contributed by atoms with Crippen molar-refractivity contribution in [1.82, 2.24) is 0 Å². The van der Waals surface area contributed by atoms with Crippen LogP contribution in [0.4, 0.5) is 0 Å². The molecule has 0 aromatic rings. The lowest BCUT2D eigenvalue weighted by molar-refractivity contribution is -0.137. The standard InChI is InChI=1S/C17H30O2Si/c1-8-17(18)19-10-9-11-20(16(6)7,12-14(2)3)13-15(4)5/h8,16H,1-2,4,9-13H2,3,5-7H3. The molecule has 2 nitrogen and oxygen atoms in total. The molecule has 0 rings (SSSR count). The Morgan fingerprint density at radius 1 is 1.20 bits per heavy atom. The lowest BCUT2D eigenvalue weighted by Crippen LogP contribution is -2.38. The van der Waals surface area contributed by atoms with Crippen LogP contribution in [0.2, 0.25) is 23.7 Å². The smallest absolute Gasteiger partial charge is 0.330 e. The summed E-state index contributed by atoms with van der Waals surface area (Å²) in [6, 6.07) is 3.41. The van der Waals surface area contributed by atoms with Crippen LogP contribution in [0.3, 0.4) is 0 Å². The summed E-state index contributed by atoms with van der Waals surface area (Å²) in [6.45, 7) is 21.0. The van der Waals surface area contributed by atoms with E-state index in [4.69, 9.17) is 4.74 Å². The maximum absolute atomic E-state index is 11.1. The molecular formula is C17H30O2Si. The number of carbonyl (C=O) groups excluding carboxylic acids is 1. The van der Waals surface area contributed by atoms with Gasteiger partial charge in [-0.3, -0.25) is 0 Å². The zero-order valence-corrected chi connectivity index (χ0v) is 14.6. The van der Waals surface area contributed by atoms with Gasteiger partial charge in [-0.1, -0.05) is 43.2 Å². The Labute approximate surface area is 125 Å². The second-order valence-corrected chi connectivity index (χ2v) is 11.3. The van der Waals surface area contributed by atoms with E-state index in [1.54, 1.807) is 0 Å². The van der Waals surface area contributed by atoms with Crippen molar-refractivity contribution in [2.24, 2.45) is 0 Å². The minimum atomic E-state index is -1.50. The summed E-state index contributed by atoms with van der Waals surface area (Å²) in [5, 5.41) is 0. The third-order valence-corrected chi connectivity index (χ3v) is 10.2. The molecule has 0 bridgehead atoms. The highest BCUT2D eigenvalue weighted by Gasteiger charge is 2.35. The van der Waals surface area contributed by atoms with Gasteiger partial charge >= 0.3 is 5.97 Å². The fourth-order valence-corrected chi connectivity index (χ4v) is 7.92. The minimum absolute atomic E-state index is 0.332. The van der Waals surface area contributed by atoms with Crippen LogP contribution < -0.4 is 0 Å². The molecule has 20 heavy (non-hydrogen) atoms. The molecular weight excluding hydrogens is 264 g/mol. The van der Waals surface area contributed by atoms with Gasteiger partial charge in [0.25, 0.3) is 0 Å². The van der Waals surface area contributed by atoms with E-state index in [9.17, 15) is 4.79 Å². The third kappa shape index (κ3) is 6.90. The van der Waals surface area contributed by atoms with E-state index >= 15 is 0 Å². The average molecular weight is 295 g/mol. The van der Waals surface area contributed by atoms with Gasteiger partial charge in [0.1, 0.15) is 0 Å². The van der Waals surface area contributed by atoms with Crippen LogP contribution in [0, 0.1) is 0 Å². The van der Waals surface area contributed by atoms with Crippen LogP contribution in [0.1, 0.15) is 34.1 Å². The van der Waals surface area contributed by atoms with Crippen molar-refractivity contribution in [3.63, 3.8) is 0 Å². The summed E-state index contributed by atoms with van der Waals surface area (Å²) in [5.74, 6) is -0.332. The quantitative estimate of drug-likeness (QED) is 0.184. The van der Waals surface area contributed by atoms with Crippen molar-refractivity contribution in [3.8, 4) is 0 Å². The van der Waals surface area contributed by atoms with E-state index in [1.807, 2.05) is 0 Å². The van der Waals surface area contributed by atoms with Crippen molar-refractivity contribution in [1.29, 1.82) is 0 Å². The molecule has 0 radical (unpaired) electrons. The molecule has 0 saturated carbocycles. The summed E-state index contributed by atoms with van der Waals surface area (Å²) in [5.41, 5.74) is 3.19. The number of carbonyl (C=O) groups is 1. The molecule has 0 saturated heterocycles. The highest BCUT2D eigenvalue weighted by molar-refractivity contribution is 6.82. The molecule has 3 heteroatoms. The highest BCUT2D eigenvalue weighted by atomic mass is 28.3. The maximum Gasteiger partial charge on any atom is 0.330 e. The summed E-state index contributed by atoms with van der Waals surface area (Å²) in [6.07, 6.45) is 2.14. The first kappa shape index (κ1) is 18.9. The fourth-order valence-electron chi connectivity index (χ4n) is 2.79. The van der Waals surface area contributed by atoms with Gasteiger partial charge in [-0.15, -0.1) is 13.2 Å². The highest BCUT2D eigenvalue weighted by Crippen LogP contribution is 2.38. The molecule has 0 aliphatic carbocycles. The molecule has 0 fully saturated rings. The van der Waals surface area contributed by atoms with E-state index in [0.717, 1.165) is 24.6 Å². The van der Waals surface area contributed by atoms with Crippen LogP contribution >= 0.6 is 0 Å². The fraction of sp³-hybridized carbons (Fsp3) is 0.588. The van der Waals surface area contributed by atoms with E-state index in [1.165, 1.54) is 17.2 Å². The predicted molar refractivity (Wildman–Crippen MR) is 90.7 cm³/mol. The van der Waals surface area contributed by atoms with Crippen molar-refractivity contribution in [3.05, 3.63) is 37.0 Å². The van der Waals surface area contributed by atoms with E-state index < -0.39 is 8.07 Å². The number of allylic oxidation sites excluding steroid dienone is 2. The lowest BCUT2D eigenvalue weighted by Gasteiger charge is -2.36. The Hall–Kier alpha value is -1.09. The molecule has 0 unspecified atom stereocenters. The molecule has 0 amide bonds. The molecule has 0 N–H and O–H groups in total. The minimum Gasteiger partial charge on any atom is -0.463 e. The first-order valence-corrected chi connectivity index (χ1v) is 10.0. The van der Waals surface area contributed by atoms with Crippen LogP contribution in [-0.4, -0.2) is 20.7 Å². The zero-order chi connectivity index (χ0) is 15.8. The monoisotopic (exact) mass is 294 g/mol. The van der Waals surface area contributed by atoms with Crippen LogP contribution in [0.5, 0.6) is 0 Å². The number of rotatable bonds is 10. The SMILES string of the molecule is C=CC(=O)OCCC[Si](CC(=C)C)(CC(=C)C)C(C)C. The molecule has 0 heterocycles. The van der Waals surface area contributed by atoms with Crippen molar-refractivity contribution >= 4 is 14.0 Å². The van der Waals surface area contributed by atoms with Crippen molar-refractivity contribution < 1.29 is 9.53 Å². The van der Waals surface area contributed by atoms with Gasteiger partial charge in [-0.05, 0) is 32.4 Å². The van der Waals surface area contributed by atoms with Gasteiger partial charge in [-0.25, -0.2) is 4.79 Å². The Bertz CT molecular complexity index is 353. The van der Waals surface area contributed by atoms with Crippen LogP contribution in [0.15, 0.2) is 37.0 Å². The number of hydrogen-bond donors (Lipinski definition) is 0. The van der Waals surface area contributed by atoms with E-state index in [-0.39, 0.29) is 5.97 Å². The van der Waals surface area contributed by atoms with Gasteiger partial charge in [0.2, 0.25) is 0 Å². The third-order valence-electron chi connectivity index (χ3n) is 3.76. The van der Waals surface area contributed by atoms with Gasteiger partial charge in [0, 0.05) is 6.08 Å². The van der Waals surface area contributed by atoms with Gasteiger partial charge in [0.05, 0.1) is 14.7 Å². The van der Waals surface area contributed by atoms with Gasteiger partial charge < -0.3 is 4.74 Å². The van der Waals surface area contributed by atoms with Crippen LogP contribution in [-0.2, 0) is 9.53 Å². The van der Waals surface area contributed by atoms with E-state index in [0.29, 0.717) is 12.1 Å². The summed E-state index contributed by atoms with van der Waals surface area (Å²) in [4.78, 5) is 11.1. The largest absolute Gasteiger partial charge is 0.463 e. The van der Waals surface area contributed by atoms with Gasteiger partial charge in [-0.2, -0.15) is 0 Å². The Balaban J connectivity index is 4.73. The second kappa shape index (κ2) is 8.96. The maximum atomic E-state index is 11.1. The average Bonchev–Trinajstić information content (AvgIpc) is 2.32. The number of ether oxygens (including phenoxy) is 1. The van der Waals surface area contributed by atoms with Gasteiger partial charge in [0.15, 0.2) is 0 Å². The Kier molecular flexibility index (Phi) is 8.47. The molecule has 114 valence electrons. The second-order valence-electron chi connectivity index (χ2n) is 6.26. The zero-order valence-electron chi connectivity index (χ0n) is 13.6. The molecule has 0 aromatic heterocycles. The molecule has 0 aliphatic rings. The van der Waals surface area contributed by atoms with Crippen LogP contribution in [0.25, 0.3) is 0 Å². The summed E-state index contributed by atoms with van der Waals surface area (Å²) < 4.78 is 5.10. The summed E-state index contributed by atoms with van der Waals surface area (Å²) >= 11 is 0.